The Kier molecular flexibility index (Phi) is 6.11. The molecule has 1 unspecified atom stereocenters. The van der Waals surface area contributed by atoms with Gasteiger partial charge in [0.05, 0.1) is 12.1 Å². The van der Waals surface area contributed by atoms with Gasteiger partial charge in [-0.3, -0.25) is 14.9 Å². The Balaban J connectivity index is 1.56. The standard InChI is InChI=1S/C23H22F3N3O4/c24-23(25,26)16-7-5-14(6-8-16)17-3-1-2-4-18(17)19(30)27-13-22(15-9-11-33-12-10-15)20(31)28-21(32)29-22/h1-8,15H,9-13H2,(H,27,30)(H2,28,29,31,32). The summed E-state index contributed by atoms with van der Waals surface area (Å²) in [5, 5.41) is 7.67. The lowest BCUT2D eigenvalue weighted by Gasteiger charge is -2.37. The maximum Gasteiger partial charge on any atom is 0.416 e. The highest BCUT2D eigenvalue weighted by Crippen LogP contribution is 2.33. The number of imide groups is 1. The van der Waals surface area contributed by atoms with Crippen molar-refractivity contribution in [3.8, 4) is 11.1 Å². The minimum Gasteiger partial charge on any atom is -0.381 e. The van der Waals surface area contributed by atoms with Crippen LogP contribution in [-0.4, -0.2) is 43.1 Å². The normalized spacial score (nSPS) is 21.4. The predicted octanol–water partition coefficient (Wildman–Crippen LogP) is 3.11. The predicted molar refractivity (Wildman–Crippen MR) is 112 cm³/mol. The van der Waals surface area contributed by atoms with E-state index in [1.807, 2.05) is 0 Å². The zero-order valence-corrected chi connectivity index (χ0v) is 17.5. The van der Waals surface area contributed by atoms with Crippen LogP contribution >= 0.6 is 0 Å². The number of amides is 4. The Morgan fingerprint density at radius 2 is 1.73 bits per heavy atom. The Labute approximate surface area is 187 Å². The molecule has 1 atom stereocenters. The van der Waals surface area contributed by atoms with Gasteiger partial charge in [0.15, 0.2) is 0 Å². The van der Waals surface area contributed by atoms with Crippen LogP contribution in [0.3, 0.4) is 0 Å². The van der Waals surface area contributed by atoms with Crippen LogP contribution in [0.15, 0.2) is 48.5 Å². The van der Waals surface area contributed by atoms with Crippen LogP contribution in [0.4, 0.5) is 18.0 Å². The number of rotatable bonds is 5. The highest BCUT2D eigenvalue weighted by Gasteiger charge is 2.52. The number of halogens is 3. The molecule has 10 heteroatoms. The second-order valence-corrected chi connectivity index (χ2v) is 8.07. The Hall–Kier alpha value is -3.40. The summed E-state index contributed by atoms with van der Waals surface area (Å²) in [4.78, 5) is 37.6. The molecule has 0 aromatic heterocycles. The summed E-state index contributed by atoms with van der Waals surface area (Å²) in [6.07, 6.45) is -3.36. The van der Waals surface area contributed by atoms with E-state index in [2.05, 4.69) is 16.0 Å². The molecule has 2 heterocycles. The van der Waals surface area contributed by atoms with Crippen molar-refractivity contribution in [2.75, 3.05) is 19.8 Å². The van der Waals surface area contributed by atoms with E-state index in [0.29, 0.717) is 37.2 Å². The van der Waals surface area contributed by atoms with Gasteiger partial charge in [-0.2, -0.15) is 13.2 Å². The van der Waals surface area contributed by atoms with E-state index in [4.69, 9.17) is 4.74 Å². The molecule has 7 nitrogen and oxygen atoms in total. The van der Waals surface area contributed by atoms with Crippen molar-refractivity contribution in [1.82, 2.24) is 16.0 Å². The van der Waals surface area contributed by atoms with Gasteiger partial charge in [-0.25, -0.2) is 4.79 Å². The number of carbonyl (C=O) groups is 3. The van der Waals surface area contributed by atoms with Gasteiger partial charge in [0, 0.05) is 18.8 Å². The molecule has 4 rings (SSSR count). The summed E-state index contributed by atoms with van der Waals surface area (Å²) in [5.41, 5.74) is -0.943. The molecule has 2 saturated heterocycles. The number of nitrogens with one attached hydrogen (secondary N) is 3. The van der Waals surface area contributed by atoms with Crippen LogP contribution in [0.2, 0.25) is 0 Å². The summed E-state index contributed by atoms with van der Waals surface area (Å²) in [6.45, 7) is 0.760. The Morgan fingerprint density at radius 1 is 1.06 bits per heavy atom. The molecule has 3 N–H and O–H groups in total. The fourth-order valence-electron chi connectivity index (χ4n) is 4.34. The van der Waals surface area contributed by atoms with Gasteiger partial charge < -0.3 is 15.4 Å². The molecule has 2 fully saturated rings. The highest BCUT2D eigenvalue weighted by molar-refractivity contribution is 6.08. The third-order valence-corrected chi connectivity index (χ3v) is 6.11. The van der Waals surface area contributed by atoms with Crippen LogP contribution in [0.1, 0.15) is 28.8 Å². The third-order valence-electron chi connectivity index (χ3n) is 6.11. The summed E-state index contributed by atoms with van der Waals surface area (Å²) >= 11 is 0. The molecule has 174 valence electrons. The highest BCUT2D eigenvalue weighted by atomic mass is 19.4. The first-order valence-electron chi connectivity index (χ1n) is 10.5. The van der Waals surface area contributed by atoms with E-state index in [0.717, 1.165) is 12.1 Å². The minimum atomic E-state index is -4.46. The lowest BCUT2D eigenvalue weighted by Crippen LogP contribution is -2.61. The average molecular weight is 461 g/mol. The fourth-order valence-corrected chi connectivity index (χ4v) is 4.34. The monoisotopic (exact) mass is 461 g/mol. The second-order valence-electron chi connectivity index (χ2n) is 8.07. The Morgan fingerprint density at radius 3 is 2.33 bits per heavy atom. The van der Waals surface area contributed by atoms with Crippen molar-refractivity contribution in [1.29, 1.82) is 0 Å². The lowest BCUT2D eigenvalue weighted by molar-refractivity contribution is -0.137. The molecule has 0 bridgehead atoms. The molecule has 2 aliphatic heterocycles. The molecule has 4 amide bonds. The zero-order valence-electron chi connectivity index (χ0n) is 17.5. The van der Waals surface area contributed by atoms with E-state index in [-0.39, 0.29) is 18.0 Å². The van der Waals surface area contributed by atoms with Gasteiger partial charge >= 0.3 is 12.2 Å². The van der Waals surface area contributed by atoms with Gasteiger partial charge in [-0.05, 0) is 48.1 Å². The van der Waals surface area contributed by atoms with Gasteiger partial charge in [0.25, 0.3) is 11.8 Å². The topological polar surface area (TPSA) is 96.5 Å². The summed E-state index contributed by atoms with van der Waals surface area (Å²) in [6, 6.07) is 10.4. The molecule has 0 aliphatic carbocycles. The number of hydrogen-bond donors (Lipinski definition) is 3. The quantitative estimate of drug-likeness (QED) is 0.597. The van der Waals surface area contributed by atoms with Crippen molar-refractivity contribution >= 4 is 17.8 Å². The van der Waals surface area contributed by atoms with Crippen LogP contribution in [-0.2, 0) is 15.7 Å². The minimum absolute atomic E-state index is 0.130. The summed E-state index contributed by atoms with van der Waals surface area (Å²) in [5.74, 6) is -1.23. The van der Waals surface area contributed by atoms with Crippen LogP contribution in [0, 0.1) is 5.92 Å². The van der Waals surface area contributed by atoms with E-state index < -0.39 is 35.1 Å². The second kappa shape index (κ2) is 8.86. The number of carbonyl (C=O) groups excluding carboxylic acids is 3. The smallest absolute Gasteiger partial charge is 0.381 e. The van der Waals surface area contributed by atoms with E-state index in [1.165, 1.54) is 12.1 Å². The first kappa shape index (κ1) is 22.8. The van der Waals surface area contributed by atoms with Crippen molar-refractivity contribution < 1.29 is 32.3 Å². The third kappa shape index (κ3) is 4.56. The maximum absolute atomic E-state index is 13.1. The number of benzene rings is 2. The molecule has 2 aliphatic rings. The number of ether oxygens (including phenoxy) is 1. The summed E-state index contributed by atoms with van der Waals surface area (Å²) in [7, 11) is 0. The molecule has 0 saturated carbocycles. The lowest BCUT2D eigenvalue weighted by atomic mass is 9.78. The number of alkyl halides is 3. The average Bonchev–Trinajstić information content (AvgIpc) is 3.11. The molecular weight excluding hydrogens is 439 g/mol. The molecule has 2 aromatic rings. The molecule has 0 spiro atoms. The Bertz CT molecular complexity index is 1070. The van der Waals surface area contributed by atoms with Gasteiger partial charge in [0.2, 0.25) is 0 Å². The molecule has 0 radical (unpaired) electrons. The fraction of sp³-hybridized carbons (Fsp3) is 0.348. The van der Waals surface area contributed by atoms with Crippen molar-refractivity contribution in [3.05, 3.63) is 59.7 Å². The van der Waals surface area contributed by atoms with Crippen molar-refractivity contribution in [2.45, 2.75) is 24.6 Å². The van der Waals surface area contributed by atoms with Crippen LogP contribution < -0.4 is 16.0 Å². The first-order valence-corrected chi connectivity index (χ1v) is 10.5. The molecular formula is C23H22F3N3O4. The van der Waals surface area contributed by atoms with E-state index in [9.17, 15) is 27.6 Å². The largest absolute Gasteiger partial charge is 0.416 e. The zero-order chi connectivity index (χ0) is 23.6. The van der Waals surface area contributed by atoms with E-state index >= 15 is 0 Å². The SMILES string of the molecule is O=C1NC(=O)C(CNC(=O)c2ccccc2-c2ccc(C(F)(F)F)cc2)(C2CCOCC2)N1. The van der Waals surface area contributed by atoms with Crippen LogP contribution in [0.5, 0.6) is 0 Å². The number of hydrogen-bond acceptors (Lipinski definition) is 4. The van der Waals surface area contributed by atoms with Crippen LogP contribution in [0.25, 0.3) is 11.1 Å². The van der Waals surface area contributed by atoms with Gasteiger partial charge in [-0.1, -0.05) is 30.3 Å². The maximum atomic E-state index is 13.1. The molecule has 33 heavy (non-hydrogen) atoms. The van der Waals surface area contributed by atoms with Crippen molar-refractivity contribution in [2.24, 2.45) is 5.92 Å². The van der Waals surface area contributed by atoms with Gasteiger partial charge in [-0.15, -0.1) is 0 Å². The first-order chi connectivity index (χ1) is 15.7. The van der Waals surface area contributed by atoms with Gasteiger partial charge in [0.1, 0.15) is 5.54 Å². The molecule has 2 aromatic carbocycles. The van der Waals surface area contributed by atoms with E-state index in [1.54, 1.807) is 24.3 Å². The van der Waals surface area contributed by atoms with Crippen molar-refractivity contribution in [3.63, 3.8) is 0 Å². The summed E-state index contributed by atoms with van der Waals surface area (Å²) < 4.78 is 44.0. The number of urea groups is 1.